The molecule has 1 aliphatic rings. The third kappa shape index (κ3) is 2.78. The van der Waals surface area contributed by atoms with Crippen molar-refractivity contribution in [3.05, 3.63) is 21.9 Å². The number of ether oxygens (including phenoxy) is 1. The van der Waals surface area contributed by atoms with E-state index in [1.54, 1.807) is 11.3 Å². The van der Waals surface area contributed by atoms with E-state index in [0.717, 1.165) is 11.3 Å². The van der Waals surface area contributed by atoms with Crippen molar-refractivity contribution in [1.29, 1.82) is 0 Å². The zero-order valence-corrected chi connectivity index (χ0v) is 11.8. The summed E-state index contributed by atoms with van der Waals surface area (Å²) in [7, 11) is 0. The van der Waals surface area contributed by atoms with Crippen molar-refractivity contribution < 1.29 is 9.53 Å². The first-order valence-electron chi connectivity index (χ1n) is 6.14. The Bertz CT molecular complexity index is 414. The fourth-order valence-electron chi connectivity index (χ4n) is 2.07. The maximum absolute atomic E-state index is 12.3. The van der Waals surface area contributed by atoms with E-state index in [9.17, 15) is 4.79 Å². The van der Waals surface area contributed by atoms with Crippen LogP contribution in [0.3, 0.4) is 0 Å². The Hall–Kier alpha value is -0.670. The molecule has 0 N–H and O–H groups in total. The first kappa shape index (κ1) is 12.8. The van der Waals surface area contributed by atoms with Gasteiger partial charge in [-0.05, 0) is 30.9 Å². The second-order valence-electron chi connectivity index (χ2n) is 5.85. The number of carbonyl (C=O) groups is 1. The molecule has 2 atom stereocenters. The first-order chi connectivity index (χ1) is 7.88. The van der Waals surface area contributed by atoms with E-state index < -0.39 is 0 Å². The van der Waals surface area contributed by atoms with E-state index in [2.05, 4.69) is 26.8 Å². The van der Waals surface area contributed by atoms with Gasteiger partial charge in [0.05, 0.1) is 17.6 Å². The molecule has 0 saturated carbocycles. The Morgan fingerprint density at radius 2 is 2.12 bits per heavy atom. The highest BCUT2D eigenvalue weighted by Gasteiger charge is 2.30. The number of ketones is 1. The van der Waals surface area contributed by atoms with Gasteiger partial charge in [0.25, 0.3) is 0 Å². The van der Waals surface area contributed by atoms with Gasteiger partial charge >= 0.3 is 0 Å². The Morgan fingerprint density at radius 1 is 1.41 bits per heavy atom. The lowest BCUT2D eigenvalue weighted by Crippen LogP contribution is -2.13. The molecule has 0 aliphatic carbocycles. The number of Topliss-reactive ketones (excluding diaryl/α,β-unsaturated/α-hetero) is 1. The zero-order valence-electron chi connectivity index (χ0n) is 10.9. The lowest BCUT2D eigenvalue weighted by Gasteiger charge is -2.15. The molecule has 0 amide bonds. The van der Waals surface area contributed by atoms with Crippen LogP contribution >= 0.6 is 11.3 Å². The fourth-order valence-corrected chi connectivity index (χ4v) is 3.16. The van der Waals surface area contributed by atoms with Crippen LogP contribution in [0.5, 0.6) is 0 Å². The van der Waals surface area contributed by atoms with E-state index in [0.29, 0.717) is 6.61 Å². The lowest BCUT2D eigenvalue weighted by atomic mass is 9.95. The van der Waals surface area contributed by atoms with Crippen LogP contribution in [0.2, 0.25) is 0 Å². The molecule has 1 aromatic heterocycles. The molecule has 0 radical (unpaired) electrons. The van der Waals surface area contributed by atoms with Crippen molar-refractivity contribution in [3.63, 3.8) is 0 Å². The fraction of sp³-hybridized carbons (Fsp3) is 0.643. The van der Waals surface area contributed by atoms with Gasteiger partial charge in [-0.25, -0.2) is 0 Å². The standard InChI is InChI=1S/C14H20O2S/c1-9-7-10(8-16-9)13(15)11-5-6-12(17-11)14(2,3)4/h5-6,9-10H,7-8H2,1-4H3. The van der Waals surface area contributed by atoms with Crippen molar-refractivity contribution in [2.75, 3.05) is 6.61 Å². The van der Waals surface area contributed by atoms with Crippen LogP contribution in [0.25, 0.3) is 0 Å². The maximum Gasteiger partial charge on any atom is 0.178 e. The maximum atomic E-state index is 12.3. The molecule has 1 fully saturated rings. The summed E-state index contributed by atoms with van der Waals surface area (Å²) >= 11 is 1.63. The molecular weight excluding hydrogens is 232 g/mol. The molecule has 1 saturated heterocycles. The molecular formula is C14H20O2S. The van der Waals surface area contributed by atoms with Crippen molar-refractivity contribution in [2.24, 2.45) is 5.92 Å². The average Bonchev–Trinajstić information content (AvgIpc) is 2.83. The second kappa shape index (κ2) is 4.54. The highest BCUT2D eigenvalue weighted by molar-refractivity contribution is 7.14. The minimum Gasteiger partial charge on any atom is -0.378 e. The minimum atomic E-state index is 0.0662. The van der Waals surface area contributed by atoms with Crippen LogP contribution in [0, 0.1) is 5.92 Å². The third-order valence-corrected chi connectivity index (χ3v) is 4.68. The molecule has 94 valence electrons. The Kier molecular flexibility index (Phi) is 3.41. The minimum absolute atomic E-state index is 0.0662. The van der Waals surface area contributed by atoms with E-state index in [1.165, 1.54) is 4.88 Å². The molecule has 2 nitrogen and oxygen atoms in total. The summed E-state index contributed by atoms with van der Waals surface area (Å²) in [5.41, 5.74) is 0.128. The predicted molar refractivity (Wildman–Crippen MR) is 70.9 cm³/mol. The van der Waals surface area contributed by atoms with Crippen LogP contribution in [-0.4, -0.2) is 18.5 Å². The predicted octanol–water partition coefficient (Wildman–Crippen LogP) is 3.65. The molecule has 1 aromatic rings. The number of thiophene rings is 1. The lowest BCUT2D eigenvalue weighted by molar-refractivity contribution is 0.0881. The van der Waals surface area contributed by atoms with Crippen molar-refractivity contribution >= 4 is 17.1 Å². The summed E-state index contributed by atoms with van der Waals surface area (Å²) in [6.45, 7) is 9.14. The van der Waals surface area contributed by atoms with E-state index in [4.69, 9.17) is 4.74 Å². The molecule has 0 aromatic carbocycles. The average molecular weight is 252 g/mol. The summed E-state index contributed by atoms with van der Waals surface area (Å²) in [4.78, 5) is 14.4. The molecule has 2 heterocycles. The largest absolute Gasteiger partial charge is 0.378 e. The van der Waals surface area contributed by atoms with E-state index in [-0.39, 0.29) is 23.2 Å². The van der Waals surface area contributed by atoms with Gasteiger partial charge in [0.15, 0.2) is 5.78 Å². The molecule has 2 rings (SSSR count). The Balaban J connectivity index is 2.13. The number of hydrogen-bond acceptors (Lipinski definition) is 3. The first-order valence-corrected chi connectivity index (χ1v) is 6.95. The second-order valence-corrected chi connectivity index (χ2v) is 6.94. The Labute approximate surface area is 107 Å². The quantitative estimate of drug-likeness (QED) is 0.751. The van der Waals surface area contributed by atoms with Crippen LogP contribution in [0.4, 0.5) is 0 Å². The number of rotatable bonds is 2. The van der Waals surface area contributed by atoms with Gasteiger partial charge in [-0.2, -0.15) is 0 Å². The van der Waals surface area contributed by atoms with E-state index >= 15 is 0 Å². The highest BCUT2D eigenvalue weighted by Crippen LogP contribution is 2.32. The zero-order chi connectivity index (χ0) is 12.6. The van der Waals surface area contributed by atoms with Crippen molar-refractivity contribution in [3.8, 4) is 0 Å². The van der Waals surface area contributed by atoms with Gasteiger partial charge in [-0.15, -0.1) is 11.3 Å². The summed E-state index contributed by atoms with van der Waals surface area (Å²) in [5, 5.41) is 0. The van der Waals surface area contributed by atoms with Gasteiger partial charge in [-0.1, -0.05) is 20.8 Å². The van der Waals surface area contributed by atoms with Crippen LogP contribution in [-0.2, 0) is 10.2 Å². The summed E-state index contributed by atoms with van der Waals surface area (Å²) in [6, 6.07) is 4.05. The van der Waals surface area contributed by atoms with Crippen molar-refractivity contribution in [2.45, 2.75) is 45.6 Å². The molecule has 0 bridgehead atoms. The smallest absolute Gasteiger partial charge is 0.178 e. The van der Waals surface area contributed by atoms with Gasteiger partial charge in [-0.3, -0.25) is 4.79 Å². The highest BCUT2D eigenvalue weighted by atomic mass is 32.1. The van der Waals surface area contributed by atoms with Crippen LogP contribution in [0.15, 0.2) is 12.1 Å². The van der Waals surface area contributed by atoms with Gasteiger partial charge in [0.2, 0.25) is 0 Å². The molecule has 17 heavy (non-hydrogen) atoms. The monoisotopic (exact) mass is 252 g/mol. The number of carbonyl (C=O) groups excluding carboxylic acids is 1. The Morgan fingerprint density at radius 3 is 2.59 bits per heavy atom. The van der Waals surface area contributed by atoms with Crippen LogP contribution < -0.4 is 0 Å². The topological polar surface area (TPSA) is 26.3 Å². The normalized spacial score (nSPS) is 25.2. The summed E-state index contributed by atoms with van der Waals surface area (Å²) in [5.74, 6) is 0.325. The summed E-state index contributed by atoms with van der Waals surface area (Å²) < 4.78 is 5.47. The number of hydrogen-bond donors (Lipinski definition) is 0. The molecule has 0 spiro atoms. The summed E-state index contributed by atoms with van der Waals surface area (Å²) in [6.07, 6.45) is 1.09. The van der Waals surface area contributed by atoms with Crippen molar-refractivity contribution in [1.82, 2.24) is 0 Å². The molecule has 2 unspecified atom stereocenters. The van der Waals surface area contributed by atoms with E-state index in [1.807, 2.05) is 13.0 Å². The van der Waals surface area contributed by atoms with Gasteiger partial charge < -0.3 is 4.74 Å². The van der Waals surface area contributed by atoms with Crippen LogP contribution in [0.1, 0.15) is 48.7 Å². The third-order valence-electron chi connectivity index (χ3n) is 3.16. The van der Waals surface area contributed by atoms with Gasteiger partial charge in [0, 0.05) is 10.8 Å². The SMILES string of the molecule is CC1CC(C(=O)c2ccc(C(C)(C)C)s2)CO1. The molecule has 3 heteroatoms. The van der Waals surface area contributed by atoms with Gasteiger partial charge in [0.1, 0.15) is 0 Å². The molecule has 1 aliphatic heterocycles.